The van der Waals surface area contributed by atoms with E-state index in [9.17, 15) is 18.0 Å². The van der Waals surface area contributed by atoms with Crippen LogP contribution < -0.4 is 0 Å². The molecule has 32 heavy (non-hydrogen) atoms. The number of carbonyl (C=O) groups excluding carboxylic acids is 1. The number of morpholine rings is 1. The molecule has 0 aliphatic carbocycles. The molecule has 170 valence electrons. The fourth-order valence-electron chi connectivity index (χ4n) is 3.53. The first-order valence-corrected chi connectivity index (χ1v) is 10.2. The Morgan fingerprint density at radius 3 is 2.88 bits per heavy atom. The van der Waals surface area contributed by atoms with Crippen LogP contribution in [-0.4, -0.2) is 50.4 Å². The van der Waals surface area contributed by atoms with Gasteiger partial charge in [0.05, 0.1) is 18.7 Å². The Hall–Kier alpha value is -3.21. The smallest absolute Gasteiger partial charge is 0.365 e. The molecular weight excluding hydrogens is 427 g/mol. The van der Waals surface area contributed by atoms with Crippen LogP contribution in [0.15, 0.2) is 41.1 Å². The van der Waals surface area contributed by atoms with Crippen molar-refractivity contribution < 1.29 is 27.2 Å². The summed E-state index contributed by atoms with van der Waals surface area (Å²) in [5.41, 5.74) is 0.674. The predicted molar refractivity (Wildman–Crippen MR) is 105 cm³/mol. The molecule has 8 nitrogen and oxygen atoms in total. The first-order valence-electron chi connectivity index (χ1n) is 10.2. The van der Waals surface area contributed by atoms with Crippen LogP contribution >= 0.6 is 0 Å². The quantitative estimate of drug-likeness (QED) is 0.575. The number of nitrogens with zero attached hydrogens (tertiary/aromatic N) is 5. The summed E-state index contributed by atoms with van der Waals surface area (Å²) in [5.74, 6) is 0.421. The van der Waals surface area contributed by atoms with E-state index in [0.29, 0.717) is 31.7 Å². The number of hydrogen-bond acceptors (Lipinski definition) is 6. The lowest BCUT2D eigenvalue weighted by atomic mass is 10.1. The minimum atomic E-state index is -4.42. The number of benzene rings is 1. The average molecular weight is 449 g/mol. The minimum Gasteiger partial charge on any atom is -0.365 e. The van der Waals surface area contributed by atoms with E-state index in [4.69, 9.17) is 9.26 Å². The summed E-state index contributed by atoms with van der Waals surface area (Å²) < 4.78 is 51.5. The molecule has 1 aromatic carbocycles. The van der Waals surface area contributed by atoms with Crippen molar-refractivity contribution in [2.24, 2.45) is 0 Å². The second-order valence-electron chi connectivity index (χ2n) is 7.57. The average Bonchev–Trinajstić information content (AvgIpc) is 3.40. The summed E-state index contributed by atoms with van der Waals surface area (Å²) >= 11 is 0. The van der Waals surface area contributed by atoms with E-state index in [1.54, 1.807) is 21.8 Å². The van der Waals surface area contributed by atoms with Gasteiger partial charge in [-0.1, -0.05) is 23.4 Å². The van der Waals surface area contributed by atoms with Gasteiger partial charge in [0.15, 0.2) is 11.9 Å². The van der Waals surface area contributed by atoms with E-state index in [1.807, 2.05) is 13.0 Å². The summed E-state index contributed by atoms with van der Waals surface area (Å²) in [5, 5.41) is 8.04. The van der Waals surface area contributed by atoms with Gasteiger partial charge < -0.3 is 14.2 Å². The van der Waals surface area contributed by atoms with Gasteiger partial charge in [0.1, 0.15) is 0 Å². The van der Waals surface area contributed by atoms with Crippen LogP contribution in [0, 0.1) is 6.92 Å². The summed E-state index contributed by atoms with van der Waals surface area (Å²) in [7, 11) is 0. The van der Waals surface area contributed by atoms with Gasteiger partial charge in [-0.05, 0) is 24.6 Å². The van der Waals surface area contributed by atoms with Crippen molar-refractivity contribution in [2.75, 3.05) is 19.7 Å². The third kappa shape index (κ3) is 5.16. The number of amides is 1. The van der Waals surface area contributed by atoms with Crippen molar-refractivity contribution in [1.82, 2.24) is 24.8 Å². The van der Waals surface area contributed by atoms with Crippen LogP contribution in [0.4, 0.5) is 13.2 Å². The molecule has 0 N–H and O–H groups in total. The van der Waals surface area contributed by atoms with Crippen LogP contribution in [0.25, 0.3) is 0 Å². The van der Waals surface area contributed by atoms with Gasteiger partial charge in [0.2, 0.25) is 5.91 Å². The Balaban J connectivity index is 1.36. The number of carbonyl (C=O) groups is 1. The Labute approximate surface area is 182 Å². The molecule has 0 unspecified atom stereocenters. The van der Waals surface area contributed by atoms with Crippen molar-refractivity contribution in [3.8, 4) is 0 Å². The zero-order chi connectivity index (χ0) is 22.7. The molecule has 0 saturated carbocycles. The fraction of sp³-hybridized carbons (Fsp3) is 0.429. The number of aromatic nitrogens is 4. The zero-order valence-electron chi connectivity index (χ0n) is 17.4. The predicted octanol–water partition coefficient (Wildman–Crippen LogP) is 3.17. The SMILES string of the molecule is Cc1ccnn1CCC(=O)N1CCO[C@@H](c2nc(Cc3cccc(C(F)(F)F)c3)no2)C1. The second-order valence-corrected chi connectivity index (χ2v) is 7.57. The van der Waals surface area contributed by atoms with Crippen molar-refractivity contribution in [2.45, 2.75) is 38.6 Å². The van der Waals surface area contributed by atoms with Crippen molar-refractivity contribution in [1.29, 1.82) is 0 Å². The number of aryl methyl sites for hydroxylation is 2. The van der Waals surface area contributed by atoms with Gasteiger partial charge in [-0.2, -0.15) is 23.3 Å². The molecule has 1 aliphatic heterocycles. The Bertz CT molecular complexity index is 1080. The van der Waals surface area contributed by atoms with Crippen LogP contribution in [0.1, 0.15) is 41.1 Å². The zero-order valence-corrected chi connectivity index (χ0v) is 17.4. The van der Waals surface area contributed by atoms with E-state index in [1.165, 1.54) is 6.07 Å². The monoisotopic (exact) mass is 449 g/mol. The number of ether oxygens (including phenoxy) is 1. The molecule has 0 spiro atoms. The Kier molecular flexibility index (Phi) is 6.26. The summed E-state index contributed by atoms with van der Waals surface area (Å²) in [6.45, 7) is 3.46. The molecule has 0 bridgehead atoms. The molecule has 11 heteroatoms. The van der Waals surface area contributed by atoms with Crippen LogP contribution in [0.2, 0.25) is 0 Å². The molecule has 1 fully saturated rings. The summed E-state index contributed by atoms with van der Waals surface area (Å²) in [6.07, 6.45) is -2.91. The number of halogens is 3. The van der Waals surface area contributed by atoms with E-state index < -0.39 is 17.8 Å². The molecule has 3 aromatic rings. The Morgan fingerprint density at radius 2 is 2.12 bits per heavy atom. The lowest BCUT2D eigenvalue weighted by Crippen LogP contribution is -2.42. The Morgan fingerprint density at radius 1 is 1.28 bits per heavy atom. The van der Waals surface area contributed by atoms with Crippen molar-refractivity contribution in [3.63, 3.8) is 0 Å². The van der Waals surface area contributed by atoms with Gasteiger partial charge in [0.25, 0.3) is 5.89 Å². The normalized spacial score (nSPS) is 17.0. The van der Waals surface area contributed by atoms with Crippen LogP contribution in [0.5, 0.6) is 0 Å². The van der Waals surface area contributed by atoms with E-state index in [2.05, 4.69) is 15.2 Å². The lowest BCUT2D eigenvalue weighted by Gasteiger charge is -2.31. The minimum absolute atomic E-state index is 0.0306. The highest BCUT2D eigenvalue weighted by atomic mass is 19.4. The van der Waals surface area contributed by atoms with Gasteiger partial charge in [-0.25, -0.2) is 0 Å². The largest absolute Gasteiger partial charge is 0.416 e. The molecular formula is C21H22F3N5O3. The first kappa shape index (κ1) is 22.0. The molecule has 2 aromatic heterocycles. The maximum absolute atomic E-state index is 12.9. The molecule has 0 radical (unpaired) electrons. The molecule has 1 amide bonds. The van der Waals surface area contributed by atoms with Gasteiger partial charge in [-0.15, -0.1) is 0 Å². The number of hydrogen-bond donors (Lipinski definition) is 0. The molecule has 1 aliphatic rings. The second kappa shape index (κ2) is 9.11. The van der Waals surface area contributed by atoms with E-state index in [-0.39, 0.29) is 30.6 Å². The maximum Gasteiger partial charge on any atom is 0.416 e. The van der Waals surface area contributed by atoms with E-state index >= 15 is 0 Å². The van der Waals surface area contributed by atoms with Gasteiger partial charge >= 0.3 is 6.18 Å². The lowest BCUT2D eigenvalue weighted by molar-refractivity contribution is -0.140. The summed E-state index contributed by atoms with van der Waals surface area (Å²) in [6, 6.07) is 6.87. The van der Waals surface area contributed by atoms with Crippen molar-refractivity contribution in [3.05, 3.63) is 65.1 Å². The fourth-order valence-corrected chi connectivity index (χ4v) is 3.53. The summed E-state index contributed by atoms with van der Waals surface area (Å²) in [4.78, 5) is 18.6. The number of alkyl halides is 3. The topological polar surface area (TPSA) is 86.3 Å². The standard InChI is InChI=1S/C21H22F3N5O3/c1-14-5-7-25-29(14)8-6-19(30)28-9-10-31-17(13-28)20-26-18(27-32-20)12-15-3-2-4-16(11-15)21(22,23)24/h2-5,7,11,17H,6,8-10,12-13H2,1H3/t17-/m1/s1. The highest BCUT2D eigenvalue weighted by Gasteiger charge is 2.31. The molecule has 3 heterocycles. The van der Waals surface area contributed by atoms with E-state index in [0.717, 1.165) is 17.8 Å². The highest BCUT2D eigenvalue weighted by Crippen LogP contribution is 2.30. The third-order valence-corrected chi connectivity index (χ3v) is 5.26. The van der Waals surface area contributed by atoms with Crippen LogP contribution in [-0.2, 0) is 28.7 Å². The van der Waals surface area contributed by atoms with Gasteiger partial charge in [-0.3, -0.25) is 9.48 Å². The number of rotatable bonds is 6. The first-order chi connectivity index (χ1) is 15.3. The van der Waals surface area contributed by atoms with Crippen molar-refractivity contribution >= 4 is 5.91 Å². The third-order valence-electron chi connectivity index (χ3n) is 5.26. The highest BCUT2D eigenvalue weighted by molar-refractivity contribution is 5.76. The molecule has 1 atom stereocenters. The maximum atomic E-state index is 12.9. The molecule has 4 rings (SSSR count). The van der Waals surface area contributed by atoms with Gasteiger partial charge in [0, 0.05) is 37.8 Å². The van der Waals surface area contributed by atoms with Crippen LogP contribution in [0.3, 0.4) is 0 Å². The molecule has 1 saturated heterocycles.